The van der Waals surface area contributed by atoms with Gasteiger partial charge in [0.15, 0.2) is 0 Å². The van der Waals surface area contributed by atoms with Crippen molar-refractivity contribution in [1.82, 2.24) is 4.90 Å². The molecule has 0 N–H and O–H groups in total. The Labute approximate surface area is 142 Å². The van der Waals surface area contributed by atoms with Gasteiger partial charge in [-0.15, -0.1) is 0 Å². The zero-order valence-electron chi connectivity index (χ0n) is 14.4. The first kappa shape index (κ1) is 16.9. The van der Waals surface area contributed by atoms with Crippen molar-refractivity contribution in [3.8, 4) is 5.75 Å². The van der Waals surface area contributed by atoms with Gasteiger partial charge in [-0.1, -0.05) is 0 Å². The molecule has 6 nitrogen and oxygen atoms in total. The van der Waals surface area contributed by atoms with Crippen LogP contribution in [-0.2, 0) is 14.3 Å². The van der Waals surface area contributed by atoms with Crippen molar-refractivity contribution < 1.29 is 19.1 Å². The molecule has 130 valence electrons. The summed E-state index contributed by atoms with van der Waals surface area (Å²) in [5.74, 6) is 0.430. The van der Waals surface area contributed by atoms with E-state index in [1.54, 1.807) is 24.3 Å². The SMILES string of the molecule is CCOc1ccc(N2C(=O)CC(N3CC(C)OC(C)C3)C2=O)cc1. The molecule has 2 fully saturated rings. The maximum absolute atomic E-state index is 12.8. The highest BCUT2D eigenvalue weighted by atomic mass is 16.5. The molecule has 2 aliphatic heterocycles. The summed E-state index contributed by atoms with van der Waals surface area (Å²) in [5.41, 5.74) is 0.602. The van der Waals surface area contributed by atoms with E-state index in [9.17, 15) is 9.59 Å². The molecule has 2 saturated heterocycles. The van der Waals surface area contributed by atoms with Gasteiger partial charge in [-0.2, -0.15) is 0 Å². The van der Waals surface area contributed by atoms with E-state index in [1.165, 1.54) is 4.90 Å². The first-order valence-corrected chi connectivity index (χ1v) is 8.48. The van der Waals surface area contributed by atoms with E-state index in [-0.39, 0.29) is 30.4 Å². The lowest BCUT2D eigenvalue weighted by atomic mass is 10.1. The van der Waals surface area contributed by atoms with Gasteiger partial charge in [0.05, 0.1) is 37.0 Å². The summed E-state index contributed by atoms with van der Waals surface area (Å²) in [6.45, 7) is 7.82. The first-order valence-electron chi connectivity index (χ1n) is 8.48. The maximum atomic E-state index is 12.8. The first-order chi connectivity index (χ1) is 11.5. The van der Waals surface area contributed by atoms with E-state index in [2.05, 4.69) is 4.90 Å². The van der Waals surface area contributed by atoms with Gasteiger partial charge in [0.1, 0.15) is 5.75 Å². The lowest BCUT2D eigenvalue weighted by Crippen LogP contribution is -2.52. The summed E-state index contributed by atoms with van der Waals surface area (Å²) >= 11 is 0. The fourth-order valence-corrected chi connectivity index (χ4v) is 3.50. The number of imide groups is 1. The van der Waals surface area contributed by atoms with E-state index >= 15 is 0 Å². The second kappa shape index (κ2) is 6.91. The van der Waals surface area contributed by atoms with E-state index < -0.39 is 6.04 Å². The average Bonchev–Trinajstić information content (AvgIpc) is 2.83. The Hall–Kier alpha value is -1.92. The molecule has 3 unspecified atom stereocenters. The molecule has 2 heterocycles. The van der Waals surface area contributed by atoms with Gasteiger partial charge in [-0.25, -0.2) is 4.90 Å². The summed E-state index contributed by atoms with van der Waals surface area (Å²) in [5, 5.41) is 0. The van der Waals surface area contributed by atoms with Crippen LogP contribution in [0.5, 0.6) is 5.75 Å². The lowest BCUT2D eigenvalue weighted by Gasteiger charge is -2.37. The van der Waals surface area contributed by atoms with Crippen LogP contribution < -0.4 is 9.64 Å². The van der Waals surface area contributed by atoms with E-state index in [0.717, 1.165) is 5.75 Å². The predicted octanol–water partition coefficient (Wildman–Crippen LogP) is 1.83. The number of carbonyl (C=O) groups excluding carboxylic acids is 2. The number of hydrogen-bond donors (Lipinski definition) is 0. The van der Waals surface area contributed by atoms with Crippen molar-refractivity contribution in [2.45, 2.75) is 45.4 Å². The average molecular weight is 332 g/mol. The van der Waals surface area contributed by atoms with Crippen molar-refractivity contribution in [3.05, 3.63) is 24.3 Å². The minimum Gasteiger partial charge on any atom is -0.494 e. The highest BCUT2D eigenvalue weighted by Gasteiger charge is 2.44. The summed E-state index contributed by atoms with van der Waals surface area (Å²) < 4.78 is 11.1. The summed E-state index contributed by atoms with van der Waals surface area (Å²) in [4.78, 5) is 28.6. The highest BCUT2D eigenvalue weighted by molar-refractivity contribution is 6.22. The molecule has 24 heavy (non-hydrogen) atoms. The molecule has 0 aliphatic carbocycles. The molecule has 0 aromatic heterocycles. The van der Waals surface area contributed by atoms with Gasteiger partial charge >= 0.3 is 0 Å². The monoisotopic (exact) mass is 332 g/mol. The topological polar surface area (TPSA) is 59.1 Å². The maximum Gasteiger partial charge on any atom is 0.251 e. The number of rotatable bonds is 4. The van der Waals surface area contributed by atoms with Crippen molar-refractivity contribution in [3.63, 3.8) is 0 Å². The number of hydrogen-bond acceptors (Lipinski definition) is 5. The largest absolute Gasteiger partial charge is 0.494 e. The fourth-order valence-electron chi connectivity index (χ4n) is 3.50. The van der Waals surface area contributed by atoms with Crippen molar-refractivity contribution in [1.29, 1.82) is 0 Å². The standard InChI is InChI=1S/C18H24N2O4/c1-4-23-15-7-5-14(6-8-15)20-17(21)9-16(18(20)22)19-10-12(2)24-13(3)11-19/h5-8,12-13,16H,4,9-11H2,1-3H3. The van der Waals surface area contributed by atoms with Crippen LogP contribution in [0.2, 0.25) is 0 Å². The second-order valence-corrected chi connectivity index (χ2v) is 6.43. The van der Waals surface area contributed by atoms with Crippen LogP contribution in [0.1, 0.15) is 27.2 Å². The number of morpholine rings is 1. The van der Waals surface area contributed by atoms with Crippen LogP contribution in [0, 0.1) is 0 Å². The van der Waals surface area contributed by atoms with Gasteiger partial charge in [0.2, 0.25) is 5.91 Å². The fraction of sp³-hybridized carbons (Fsp3) is 0.556. The normalized spacial score (nSPS) is 28.5. The Morgan fingerprint density at radius 3 is 2.33 bits per heavy atom. The van der Waals surface area contributed by atoms with Crippen molar-refractivity contribution in [2.24, 2.45) is 0 Å². The zero-order valence-corrected chi connectivity index (χ0v) is 14.4. The number of amides is 2. The third kappa shape index (κ3) is 3.30. The Morgan fingerprint density at radius 2 is 1.75 bits per heavy atom. The molecule has 6 heteroatoms. The smallest absolute Gasteiger partial charge is 0.251 e. The second-order valence-electron chi connectivity index (χ2n) is 6.43. The van der Waals surface area contributed by atoms with E-state index in [4.69, 9.17) is 9.47 Å². The molecule has 2 amide bonds. The number of carbonyl (C=O) groups is 2. The third-order valence-corrected chi connectivity index (χ3v) is 4.42. The predicted molar refractivity (Wildman–Crippen MR) is 90.1 cm³/mol. The van der Waals surface area contributed by atoms with E-state index in [0.29, 0.717) is 25.4 Å². The molecule has 2 aliphatic rings. The molecule has 1 aromatic carbocycles. The molecule has 3 atom stereocenters. The van der Waals surface area contributed by atoms with Gasteiger partial charge < -0.3 is 9.47 Å². The van der Waals surface area contributed by atoms with Crippen molar-refractivity contribution >= 4 is 17.5 Å². The molecular weight excluding hydrogens is 308 g/mol. The van der Waals surface area contributed by atoms with Gasteiger partial charge in [-0.05, 0) is 45.0 Å². The molecule has 0 spiro atoms. The van der Waals surface area contributed by atoms with Crippen LogP contribution in [0.15, 0.2) is 24.3 Å². The van der Waals surface area contributed by atoms with Crippen LogP contribution in [-0.4, -0.2) is 54.7 Å². The molecular formula is C18H24N2O4. The number of anilines is 1. The molecule has 3 rings (SSSR count). The summed E-state index contributed by atoms with van der Waals surface area (Å²) in [6.07, 6.45) is 0.359. The minimum atomic E-state index is -0.391. The summed E-state index contributed by atoms with van der Waals surface area (Å²) in [6, 6.07) is 6.69. The number of nitrogens with zero attached hydrogens (tertiary/aromatic N) is 2. The van der Waals surface area contributed by atoms with Gasteiger partial charge in [0.25, 0.3) is 5.91 Å². The lowest BCUT2D eigenvalue weighted by molar-refractivity contribution is -0.127. The number of benzene rings is 1. The van der Waals surface area contributed by atoms with Crippen LogP contribution >= 0.6 is 0 Å². The minimum absolute atomic E-state index is 0.0659. The van der Waals surface area contributed by atoms with E-state index in [1.807, 2.05) is 20.8 Å². The van der Waals surface area contributed by atoms with Crippen molar-refractivity contribution in [2.75, 3.05) is 24.6 Å². The Kier molecular flexibility index (Phi) is 4.87. The molecule has 0 saturated carbocycles. The molecule has 0 bridgehead atoms. The van der Waals surface area contributed by atoms with Crippen LogP contribution in [0.3, 0.4) is 0 Å². The Morgan fingerprint density at radius 1 is 1.12 bits per heavy atom. The van der Waals surface area contributed by atoms with Crippen LogP contribution in [0.25, 0.3) is 0 Å². The Balaban J connectivity index is 1.76. The quantitative estimate of drug-likeness (QED) is 0.787. The Bertz CT molecular complexity index is 606. The molecule has 0 radical (unpaired) electrons. The third-order valence-electron chi connectivity index (χ3n) is 4.42. The zero-order chi connectivity index (χ0) is 17.3. The van der Waals surface area contributed by atoms with Gasteiger partial charge in [0, 0.05) is 13.1 Å². The van der Waals surface area contributed by atoms with Gasteiger partial charge in [-0.3, -0.25) is 14.5 Å². The number of ether oxygens (including phenoxy) is 2. The summed E-state index contributed by atoms with van der Waals surface area (Å²) in [7, 11) is 0. The van der Waals surface area contributed by atoms with Crippen LogP contribution in [0.4, 0.5) is 5.69 Å². The molecule has 1 aromatic rings. The highest BCUT2D eigenvalue weighted by Crippen LogP contribution is 2.28.